The third-order valence-electron chi connectivity index (χ3n) is 3.54. The van der Waals surface area contributed by atoms with Crippen LogP contribution in [0.25, 0.3) is 0 Å². The van der Waals surface area contributed by atoms with Crippen LogP contribution in [0, 0.1) is 0 Å². The zero-order valence-electron chi connectivity index (χ0n) is 12.3. The van der Waals surface area contributed by atoms with Gasteiger partial charge < -0.3 is 0 Å². The van der Waals surface area contributed by atoms with Crippen LogP contribution in [0.3, 0.4) is 0 Å². The molecular formula is C12H26Cl2GeN2. The summed E-state index contributed by atoms with van der Waals surface area (Å²) < 4.78 is 4.76. The van der Waals surface area contributed by atoms with Crippen LogP contribution in [0.15, 0.2) is 0 Å². The molecule has 1 aliphatic heterocycles. The fraction of sp³-hybridized carbons (Fsp3) is 1.00. The fourth-order valence-corrected chi connectivity index (χ4v) is 18.4. The van der Waals surface area contributed by atoms with Crippen LogP contribution in [0.4, 0.5) is 0 Å². The first-order chi connectivity index (χ1) is 7.31. The summed E-state index contributed by atoms with van der Waals surface area (Å²) in [5.41, 5.74) is 0.0500. The zero-order valence-corrected chi connectivity index (χ0v) is 15.9. The SMILES string of the molecule is C[C@@H]1[C@@H](C)[N](C(C)(C)C)[Ge]([Cl])([Cl])[N]1C(C)(C)C. The maximum atomic E-state index is 6.86. The van der Waals surface area contributed by atoms with Crippen LogP contribution >= 0.6 is 20.0 Å². The third-order valence-corrected chi connectivity index (χ3v) is 14.3. The van der Waals surface area contributed by atoms with Gasteiger partial charge >= 0.3 is 118 Å². The van der Waals surface area contributed by atoms with E-state index >= 15 is 0 Å². The van der Waals surface area contributed by atoms with Crippen LogP contribution in [0.2, 0.25) is 0 Å². The molecule has 1 heterocycles. The molecule has 0 aliphatic carbocycles. The van der Waals surface area contributed by atoms with Crippen molar-refractivity contribution in [2.75, 3.05) is 0 Å². The van der Waals surface area contributed by atoms with Gasteiger partial charge in [-0.05, 0) is 0 Å². The Morgan fingerprint density at radius 1 is 0.765 bits per heavy atom. The van der Waals surface area contributed by atoms with E-state index < -0.39 is 11.9 Å². The van der Waals surface area contributed by atoms with Gasteiger partial charge in [-0.1, -0.05) is 0 Å². The van der Waals surface area contributed by atoms with E-state index in [1.807, 2.05) is 0 Å². The summed E-state index contributed by atoms with van der Waals surface area (Å²) in [4.78, 5) is 0. The number of hydrogen-bond donors (Lipinski definition) is 0. The van der Waals surface area contributed by atoms with Crippen molar-refractivity contribution in [3.05, 3.63) is 0 Å². The van der Waals surface area contributed by atoms with Gasteiger partial charge in [-0.25, -0.2) is 0 Å². The van der Waals surface area contributed by atoms with Gasteiger partial charge in [-0.2, -0.15) is 0 Å². The zero-order chi connectivity index (χ0) is 13.8. The van der Waals surface area contributed by atoms with Crippen molar-refractivity contribution in [3.8, 4) is 0 Å². The van der Waals surface area contributed by atoms with Crippen molar-refractivity contribution in [1.82, 2.24) is 7.71 Å². The molecule has 0 spiro atoms. The molecule has 0 saturated carbocycles. The van der Waals surface area contributed by atoms with Crippen LogP contribution in [-0.2, 0) is 0 Å². The minimum atomic E-state index is -3.16. The second-order valence-electron chi connectivity index (χ2n) is 7.07. The molecule has 0 radical (unpaired) electrons. The quantitative estimate of drug-likeness (QED) is 0.617. The standard InChI is InChI=1S/C12H26Cl2GeN2/c1-9-10(2)17(12(6,7)8)15(13,14)16(9)11(3,4)5/h9-10H,1-8H3/t9-,10-/m1/s1. The molecule has 102 valence electrons. The third kappa shape index (κ3) is 2.81. The van der Waals surface area contributed by atoms with Crippen molar-refractivity contribution in [1.29, 1.82) is 0 Å². The van der Waals surface area contributed by atoms with Gasteiger partial charge in [0.05, 0.1) is 0 Å². The molecule has 0 amide bonds. The van der Waals surface area contributed by atoms with Gasteiger partial charge in [0, 0.05) is 0 Å². The van der Waals surface area contributed by atoms with Crippen LogP contribution < -0.4 is 0 Å². The predicted octanol–water partition coefficient (Wildman–Crippen LogP) is 3.89. The Bertz CT molecular complexity index is 266. The summed E-state index contributed by atoms with van der Waals surface area (Å²) >= 11 is -3.16. The summed E-state index contributed by atoms with van der Waals surface area (Å²) in [6, 6.07) is 0.813. The van der Waals surface area contributed by atoms with E-state index in [4.69, 9.17) is 20.0 Å². The molecule has 0 aromatic rings. The molecule has 1 rings (SSSR count). The van der Waals surface area contributed by atoms with Crippen molar-refractivity contribution in [3.63, 3.8) is 0 Å². The fourth-order valence-electron chi connectivity index (χ4n) is 3.07. The van der Waals surface area contributed by atoms with Gasteiger partial charge in [-0.3, -0.25) is 0 Å². The van der Waals surface area contributed by atoms with Crippen LogP contribution in [-0.4, -0.2) is 42.7 Å². The van der Waals surface area contributed by atoms with Gasteiger partial charge in [0.25, 0.3) is 0 Å². The average Bonchev–Trinajstić information content (AvgIpc) is 2.13. The number of nitrogens with zero attached hydrogens (tertiary/aromatic N) is 2. The Morgan fingerprint density at radius 2 is 1.00 bits per heavy atom. The molecule has 1 aliphatic rings. The van der Waals surface area contributed by atoms with E-state index in [0.717, 1.165) is 0 Å². The van der Waals surface area contributed by atoms with Gasteiger partial charge in [0.2, 0.25) is 0 Å². The Labute approximate surface area is 118 Å². The second-order valence-corrected chi connectivity index (χ2v) is 17.7. The van der Waals surface area contributed by atoms with Gasteiger partial charge in [0.1, 0.15) is 0 Å². The average molecular weight is 342 g/mol. The topological polar surface area (TPSA) is 6.48 Å². The van der Waals surface area contributed by atoms with Crippen molar-refractivity contribution < 1.29 is 0 Å². The second kappa shape index (κ2) is 4.55. The monoisotopic (exact) mass is 342 g/mol. The first-order valence-corrected chi connectivity index (χ1v) is 13.7. The normalized spacial score (nSPS) is 32.1. The Kier molecular flexibility index (Phi) is 4.31. The first-order valence-electron chi connectivity index (χ1n) is 6.28. The van der Waals surface area contributed by atoms with E-state index in [1.165, 1.54) is 0 Å². The van der Waals surface area contributed by atoms with E-state index in [2.05, 4.69) is 63.1 Å². The molecule has 1 fully saturated rings. The Balaban J connectivity index is 3.24. The van der Waals surface area contributed by atoms with Crippen molar-refractivity contribution >= 4 is 31.9 Å². The Hall–Kier alpha value is 1.04. The molecule has 2 nitrogen and oxygen atoms in total. The predicted molar refractivity (Wildman–Crippen MR) is 79.6 cm³/mol. The minimum absolute atomic E-state index is 0.0250. The van der Waals surface area contributed by atoms with E-state index in [-0.39, 0.29) is 11.1 Å². The molecule has 0 unspecified atom stereocenters. The van der Waals surface area contributed by atoms with Gasteiger partial charge in [0.15, 0.2) is 0 Å². The van der Waals surface area contributed by atoms with Crippen molar-refractivity contribution in [2.24, 2.45) is 0 Å². The molecule has 0 bridgehead atoms. The summed E-state index contributed by atoms with van der Waals surface area (Å²) in [5, 5.41) is 0. The molecule has 1 saturated heterocycles. The molecule has 2 atom stereocenters. The number of rotatable bonds is 0. The molecule has 0 aromatic carbocycles. The van der Waals surface area contributed by atoms with Crippen LogP contribution in [0.1, 0.15) is 55.4 Å². The Morgan fingerprint density at radius 3 is 1.12 bits per heavy atom. The van der Waals surface area contributed by atoms with Gasteiger partial charge in [-0.15, -0.1) is 0 Å². The summed E-state index contributed by atoms with van der Waals surface area (Å²) in [6.45, 7) is 17.7. The molecular weight excluding hydrogens is 316 g/mol. The number of halogens is 2. The van der Waals surface area contributed by atoms with E-state index in [1.54, 1.807) is 0 Å². The molecule has 17 heavy (non-hydrogen) atoms. The molecule has 0 aromatic heterocycles. The first kappa shape index (κ1) is 16.1. The van der Waals surface area contributed by atoms with E-state index in [9.17, 15) is 0 Å². The van der Waals surface area contributed by atoms with E-state index in [0.29, 0.717) is 12.1 Å². The summed E-state index contributed by atoms with van der Waals surface area (Å²) in [7, 11) is 13.7. The van der Waals surface area contributed by atoms with Crippen molar-refractivity contribution in [2.45, 2.75) is 78.6 Å². The maximum absolute atomic E-state index is 6.86. The molecule has 5 heteroatoms. The summed E-state index contributed by atoms with van der Waals surface area (Å²) in [5.74, 6) is 0. The molecule has 0 N–H and O–H groups in total. The van der Waals surface area contributed by atoms with Crippen LogP contribution in [0.5, 0.6) is 0 Å². The summed E-state index contributed by atoms with van der Waals surface area (Å²) in [6.07, 6.45) is 0. The number of hydrogen-bond acceptors (Lipinski definition) is 2.